The molecule has 3 aromatic rings. The van der Waals surface area contributed by atoms with Gasteiger partial charge in [-0.25, -0.2) is 0 Å². The molecule has 1 heterocycles. The number of amides is 1. The molecule has 1 fully saturated rings. The molecule has 6 nitrogen and oxygen atoms in total. The predicted molar refractivity (Wildman–Crippen MR) is 130 cm³/mol. The highest BCUT2D eigenvalue weighted by Gasteiger charge is 2.26. The van der Waals surface area contributed by atoms with Crippen molar-refractivity contribution < 1.29 is 14.3 Å². The summed E-state index contributed by atoms with van der Waals surface area (Å²) in [6.07, 6.45) is 4.18. The molecule has 33 heavy (non-hydrogen) atoms. The number of hydrogen-bond acceptors (Lipinski definition) is 4. The van der Waals surface area contributed by atoms with Gasteiger partial charge in [0.15, 0.2) is 0 Å². The molecule has 0 radical (unpaired) electrons. The van der Waals surface area contributed by atoms with E-state index in [9.17, 15) is 9.59 Å². The molecule has 1 N–H and O–H groups in total. The van der Waals surface area contributed by atoms with Crippen LogP contribution >= 0.6 is 0 Å². The third kappa shape index (κ3) is 5.00. The quantitative estimate of drug-likeness (QED) is 0.471. The van der Waals surface area contributed by atoms with Crippen LogP contribution in [0.25, 0.3) is 16.8 Å². The van der Waals surface area contributed by atoms with Gasteiger partial charge in [-0.1, -0.05) is 56.5 Å². The van der Waals surface area contributed by atoms with Crippen molar-refractivity contribution in [3.63, 3.8) is 0 Å². The fourth-order valence-electron chi connectivity index (χ4n) is 4.34. The van der Waals surface area contributed by atoms with E-state index in [0.717, 1.165) is 59.4 Å². The van der Waals surface area contributed by atoms with Crippen molar-refractivity contribution in [3.05, 3.63) is 59.8 Å². The Labute approximate surface area is 195 Å². The number of carbonyl (C=O) groups excluding carboxylic acids is 2. The minimum atomic E-state index is -0.403. The Morgan fingerprint density at radius 1 is 1.03 bits per heavy atom. The van der Waals surface area contributed by atoms with E-state index in [1.165, 1.54) is 6.92 Å². The molecule has 172 valence electrons. The lowest BCUT2D eigenvalue weighted by atomic mass is 9.99. The highest BCUT2D eigenvalue weighted by molar-refractivity contribution is 5.93. The van der Waals surface area contributed by atoms with E-state index in [0.29, 0.717) is 5.88 Å². The van der Waals surface area contributed by atoms with Gasteiger partial charge in [0.1, 0.15) is 0 Å². The average Bonchev–Trinajstić information content (AvgIpc) is 3.43. The number of aryl methyl sites for hydroxylation is 1. The lowest BCUT2D eigenvalue weighted by Crippen LogP contribution is -2.20. The third-order valence-corrected chi connectivity index (χ3v) is 6.10. The van der Waals surface area contributed by atoms with Crippen LogP contribution in [0, 0.1) is 12.8 Å². The number of carbonyl (C=O) groups is 2. The number of esters is 1. The number of rotatable bonds is 6. The molecular formula is C27H31N3O3. The summed E-state index contributed by atoms with van der Waals surface area (Å²) in [4.78, 5) is 24.5. The first-order valence-electron chi connectivity index (χ1n) is 11.6. The molecule has 2 aromatic carbocycles. The van der Waals surface area contributed by atoms with Crippen LogP contribution in [-0.2, 0) is 9.59 Å². The number of nitrogens with zero attached hydrogens (tertiary/aromatic N) is 2. The molecule has 1 amide bonds. The highest BCUT2D eigenvalue weighted by Crippen LogP contribution is 2.39. The van der Waals surface area contributed by atoms with Crippen molar-refractivity contribution in [3.8, 4) is 22.7 Å². The Balaban J connectivity index is 1.73. The Kier molecular flexibility index (Phi) is 6.63. The second-order valence-electron chi connectivity index (χ2n) is 9.11. The Morgan fingerprint density at radius 3 is 2.24 bits per heavy atom. The van der Waals surface area contributed by atoms with E-state index in [2.05, 4.69) is 19.2 Å². The highest BCUT2D eigenvalue weighted by atomic mass is 16.5. The first kappa shape index (κ1) is 22.8. The SMILES string of the molecule is CC(=O)Oc1c(-c2ccc(NC(=O)C3CCCC3)cc2)c(C(C)C)nn1-c1ccc(C)cc1. The molecular weight excluding hydrogens is 414 g/mol. The zero-order chi connectivity index (χ0) is 23.5. The second kappa shape index (κ2) is 9.61. The molecule has 6 heteroatoms. The maximum Gasteiger partial charge on any atom is 0.309 e. The normalized spacial score (nSPS) is 14.0. The summed E-state index contributed by atoms with van der Waals surface area (Å²) in [5.74, 6) is 0.317. The van der Waals surface area contributed by atoms with Crippen LogP contribution in [0.15, 0.2) is 48.5 Å². The van der Waals surface area contributed by atoms with E-state index in [4.69, 9.17) is 9.84 Å². The summed E-state index contributed by atoms with van der Waals surface area (Å²) in [5.41, 5.74) is 5.24. The van der Waals surface area contributed by atoms with Crippen LogP contribution in [0.1, 0.15) is 63.6 Å². The fourth-order valence-corrected chi connectivity index (χ4v) is 4.34. The fraction of sp³-hybridized carbons (Fsp3) is 0.370. The monoisotopic (exact) mass is 445 g/mol. The first-order chi connectivity index (χ1) is 15.8. The van der Waals surface area contributed by atoms with Gasteiger partial charge in [0.25, 0.3) is 0 Å². The van der Waals surface area contributed by atoms with Gasteiger partial charge in [-0.15, -0.1) is 0 Å². The van der Waals surface area contributed by atoms with E-state index >= 15 is 0 Å². The predicted octanol–water partition coefficient (Wildman–Crippen LogP) is 6.03. The van der Waals surface area contributed by atoms with Crippen molar-refractivity contribution in [2.45, 2.75) is 59.3 Å². The largest absolute Gasteiger partial charge is 0.407 e. The van der Waals surface area contributed by atoms with Crippen LogP contribution in [0.5, 0.6) is 5.88 Å². The van der Waals surface area contributed by atoms with Crippen molar-refractivity contribution in [1.29, 1.82) is 0 Å². The van der Waals surface area contributed by atoms with Crippen LogP contribution < -0.4 is 10.1 Å². The molecule has 0 spiro atoms. The van der Waals surface area contributed by atoms with E-state index in [-0.39, 0.29) is 17.7 Å². The van der Waals surface area contributed by atoms with E-state index in [1.54, 1.807) is 4.68 Å². The summed E-state index contributed by atoms with van der Waals surface area (Å²) in [5, 5.41) is 7.87. The minimum Gasteiger partial charge on any atom is -0.407 e. The molecule has 4 rings (SSSR count). The van der Waals surface area contributed by atoms with Crippen LogP contribution in [-0.4, -0.2) is 21.7 Å². The maximum atomic E-state index is 12.5. The zero-order valence-corrected chi connectivity index (χ0v) is 19.7. The van der Waals surface area contributed by atoms with Crippen molar-refractivity contribution in [2.75, 3.05) is 5.32 Å². The molecule has 1 aromatic heterocycles. The Morgan fingerprint density at radius 2 is 1.67 bits per heavy atom. The van der Waals surface area contributed by atoms with Gasteiger partial charge in [-0.05, 0) is 55.5 Å². The summed E-state index contributed by atoms with van der Waals surface area (Å²) in [7, 11) is 0. The van der Waals surface area contributed by atoms with Gasteiger partial charge in [0.05, 0.1) is 16.9 Å². The average molecular weight is 446 g/mol. The van der Waals surface area contributed by atoms with Crippen LogP contribution in [0.3, 0.4) is 0 Å². The molecule has 1 aliphatic rings. The van der Waals surface area contributed by atoms with Gasteiger partial charge >= 0.3 is 5.97 Å². The second-order valence-corrected chi connectivity index (χ2v) is 9.11. The van der Waals surface area contributed by atoms with Crippen molar-refractivity contribution in [1.82, 2.24) is 9.78 Å². The Hall–Kier alpha value is -3.41. The lowest BCUT2D eigenvalue weighted by molar-refractivity contribution is -0.132. The van der Waals surface area contributed by atoms with Gasteiger partial charge in [-0.2, -0.15) is 9.78 Å². The van der Waals surface area contributed by atoms with Crippen molar-refractivity contribution >= 4 is 17.6 Å². The standard InChI is InChI=1S/C27H31N3O3/c1-17(2)25-24(20-11-13-22(14-12-20)28-26(32)21-7-5-6-8-21)27(33-19(4)31)30(29-25)23-15-9-18(3)10-16-23/h9-17,21H,5-8H2,1-4H3,(H,28,32). The molecule has 0 aliphatic heterocycles. The zero-order valence-electron chi connectivity index (χ0n) is 19.7. The van der Waals surface area contributed by atoms with Gasteiger partial charge in [0.2, 0.25) is 11.8 Å². The molecule has 0 atom stereocenters. The molecule has 1 saturated carbocycles. The van der Waals surface area contributed by atoms with Gasteiger partial charge < -0.3 is 10.1 Å². The van der Waals surface area contributed by atoms with Gasteiger partial charge in [0, 0.05) is 18.5 Å². The summed E-state index contributed by atoms with van der Waals surface area (Å²) in [6, 6.07) is 15.6. The van der Waals surface area contributed by atoms with E-state index in [1.807, 2.05) is 55.5 Å². The molecule has 0 bridgehead atoms. The van der Waals surface area contributed by atoms with Gasteiger partial charge in [-0.3, -0.25) is 9.59 Å². The number of ether oxygens (including phenoxy) is 1. The maximum absolute atomic E-state index is 12.5. The topological polar surface area (TPSA) is 73.2 Å². The van der Waals surface area contributed by atoms with Crippen molar-refractivity contribution in [2.24, 2.45) is 5.92 Å². The first-order valence-corrected chi connectivity index (χ1v) is 11.6. The number of anilines is 1. The lowest BCUT2D eigenvalue weighted by Gasteiger charge is -2.12. The smallest absolute Gasteiger partial charge is 0.309 e. The molecule has 0 saturated heterocycles. The number of hydrogen-bond donors (Lipinski definition) is 1. The van der Waals surface area contributed by atoms with Crippen LogP contribution in [0.2, 0.25) is 0 Å². The summed E-state index contributed by atoms with van der Waals surface area (Å²) >= 11 is 0. The Bertz CT molecular complexity index is 1140. The third-order valence-electron chi connectivity index (χ3n) is 6.10. The van der Waals surface area contributed by atoms with E-state index < -0.39 is 5.97 Å². The summed E-state index contributed by atoms with van der Waals surface area (Å²) < 4.78 is 7.40. The molecule has 0 unspecified atom stereocenters. The number of nitrogens with one attached hydrogen (secondary N) is 1. The summed E-state index contributed by atoms with van der Waals surface area (Å²) in [6.45, 7) is 7.56. The molecule has 1 aliphatic carbocycles. The minimum absolute atomic E-state index is 0.0934. The number of benzene rings is 2. The number of aromatic nitrogens is 2. The van der Waals surface area contributed by atoms with Crippen LogP contribution in [0.4, 0.5) is 5.69 Å².